The lowest BCUT2D eigenvalue weighted by Gasteiger charge is -2.26. The molecule has 2 aromatic carbocycles. The molecule has 0 radical (unpaired) electrons. The summed E-state index contributed by atoms with van der Waals surface area (Å²) in [7, 11) is 0. The van der Waals surface area contributed by atoms with E-state index in [1.807, 2.05) is 66.9 Å². The monoisotopic (exact) mass is 367 g/mol. The van der Waals surface area contributed by atoms with Crippen molar-refractivity contribution >= 4 is 33.3 Å². The normalized spacial score (nSPS) is 11.9. The number of fused-ring (bicyclic) bond motifs is 1. The summed E-state index contributed by atoms with van der Waals surface area (Å²) in [5.41, 5.74) is 1.52. The fourth-order valence-corrected chi connectivity index (χ4v) is 3.64. The standard InChI is InChI=1S/C21H21NO3S/c1-3-22(21(24)25-14-16-7-5-4-6-8-16)15(2)20(23)18-9-10-19-17(13-18)11-12-26-19/h4-13,15H,3,14H2,1-2H3. The number of nitrogens with zero attached hydrogens (tertiary/aromatic N) is 1. The quantitative estimate of drug-likeness (QED) is 0.567. The number of hydrogen-bond acceptors (Lipinski definition) is 4. The van der Waals surface area contributed by atoms with Crippen LogP contribution in [0.1, 0.15) is 29.8 Å². The van der Waals surface area contributed by atoms with E-state index in [0.29, 0.717) is 12.1 Å². The summed E-state index contributed by atoms with van der Waals surface area (Å²) in [6, 6.07) is 16.6. The number of ketones is 1. The van der Waals surface area contributed by atoms with Gasteiger partial charge in [-0.1, -0.05) is 30.3 Å². The maximum Gasteiger partial charge on any atom is 0.410 e. The predicted octanol–water partition coefficient (Wildman–Crippen LogP) is 5.13. The first-order valence-electron chi connectivity index (χ1n) is 8.59. The molecule has 134 valence electrons. The van der Waals surface area contributed by atoms with Gasteiger partial charge in [0.15, 0.2) is 5.78 Å². The Morgan fingerprint density at radius 1 is 1.12 bits per heavy atom. The molecule has 3 rings (SSSR count). The fourth-order valence-electron chi connectivity index (χ4n) is 2.87. The van der Waals surface area contributed by atoms with Crippen LogP contribution in [0.15, 0.2) is 60.0 Å². The van der Waals surface area contributed by atoms with Crippen molar-refractivity contribution in [2.75, 3.05) is 6.54 Å². The Balaban J connectivity index is 1.69. The zero-order valence-corrected chi connectivity index (χ0v) is 15.7. The molecule has 0 bridgehead atoms. The van der Waals surface area contributed by atoms with Gasteiger partial charge >= 0.3 is 6.09 Å². The van der Waals surface area contributed by atoms with Gasteiger partial charge in [-0.25, -0.2) is 4.79 Å². The molecule has 1 heterocycles. The van der Waals surface area contributed by atoms with Gasteiger partial charge < -0.3 is 4.74 Å². The van der Waals surface area contributed by atoms with Crippen LogP contribution in [-0.2, 0) is 11.3 Å². The van der Waals surface area contributed by atoms with Crippen LogP contribution in [0.4, 0.5) is 4.79 Å². The highest BCUT2D eigenvalue weighted by molar-refractivity contribution is 7.17. The van der Waals surface area contributed by atoms with Crippen molar-refractivity contribution in [1.29, 1.82) is 0 Å². The van der Waals surface area contributed by atoms with Crippen molar-refractivity contribution in [2.24, 2.45) is 0 Å². The number of likely N-dealkylation sites (N-methyl/N-ethyl adjacent to an activating group) is 1. The SMILES string of the molecule is CCN(C(=O)OCc1ccccc1)C(C)C(=O)c1ccc2sccc2c1. The van der Waals surface area contributed by atoms with Gasteiger partial charge in [-0.05, 0) is 54.4 Å². The van der Waals surface area contributed by atoms with Crippen LogP contribution in [0.5, 0.6) is 0 Å². The number of Topliss-reactive ketones (excluding diaryl/α,β-unsaturated/α-hetero) is 1. The van der Waals surface area contributed by atoms with E-state index in [1.165, 1.54) is 4.90 Å². The van der Waals surface area contributed by atoms with Crippen LogP contribution in [0.2, 0.25) is 0 Å². The number of carbonyl (C=O) groups excluding carboxylic acids is 2. The van der Waals surface area contributed by atoms with Crippen LogP contribution >= 0.6 is 11.3 Å². The molecule has 0 aliphatic carbocycles. The molecule has 0 saturated heterocycles. The molecule has 1 atom stereocenters. The average molecular weight is 367 g/mol. The molecule has 4 nitrogen and oxygen atoms in total. The van der Waals surface area contributed by atoms with E-state index in [9.17, 15) is 9.59 Å². The first-order valence-corrected chi connectivity index (χ1v) is 9.47. The molecule has 1 amide bonds. The van der Waals surface area contributed by atoms with Crippen LogP contribution in [0.25, 0.3) is 10.1 Å². The van der Waals surface area contributed by atoms with E-state index in [2.05, 4.69) is 0 Å². The number of amides is 1. The van der Waals surface area contributed by atoms with Gasteiger partial charge in [-0.2, -0.15) is 0 Å². The third-order valence-corrected chi connectivity index (χ3v) is 5.26. The third-order valence-electron chi connectivity index (χ3n) is 4.36. The van der Waals surface area contributed by atoms with Crippen molar-refractivity contribution in [1.82, 2.24) is 4.90 Å². The number of carbonyl (C=O) groups is 2. The highest BCUT2D eigenvalue weighted by Crippen LogP contribution is 2.23. The van der Waals surface area contributed by atoms with Crippen molar-refractivity contribution in [3.8, 4) is 0 Å². The van der Waals surface area contributed by atoms with Gasteiger partial charge in [0.25, 0.3) is 0 Å². The molecule has 0 aliphatic heterocycles. The molecule has 0 aliphatic rings. The maximum atomic E-state index is 12.8. The third kappa shape index (κ3) is 3.94. The number of ether oxygens (including phenoxy) is 1. The Morgan fingerprint density at radius 2 is 1.88 bits per heavy atom. The summed E-state index contributed by atoms with van der Waals surface area (Å²) in [4.78, 5) is 26.8. The van der Waals surface area contributed by atoms with E-state index in [0.717, 1.165) is 15.6 Å². The zero-order valence-electron chi connectivity index (χ0n) is 14.8. The Bertz CT molecular complexity index is 904. The highest BCUT2D eigenvalue weighted by atomic mass is 32.1. The van der Waals surface area contributed by atoms with Crippen molar-refractivity contribution in [3.63, 3.8) is 0 Å². The first kappa shape index (κ1) is 18.1. The lowest BCUT2D eigenvalue weighted by atomic mass is 10.0. The van der Waals surface area contributed by atoms with E-state index >= 15 is 0 Å². The molecule has 5 heteroatoms. The first-order chi connectivity index (χ1) is 12.6. The largest absolute Gasteiger partial charge is 0.445 e. The second-order valence-electron chi connectivity index (χ2n) is 6.04. The highest BCUT2D eigenvalue weighted by Gasteiger charge is 2.26. The Kier molecular flexibility index (Phi) is 5.68. The van der Waals surface area contributed by atoms with Crippen molar-refractivity contribution in [3.05, 3.63) is 71.1 Å². The number of rotatable bonds is 6. The van der Waals surface area contributed by atoms with Gasteiger partial charge in [-0.15, -0.1) is 11.3 Å². The summed E-state index contributed by atoms with van der Waals surface area (Å²) in [5, 5.41) is 3.05. The fraction of sp³-hybridized carbons (Fsp3) is 0.238. The molecule has 0 saturated carbocycles. The summed E-state index contributed by atoms with van der Waals surface area (Å²) in [6.45, 7) is 4.18. The number of thiophene rings is 1. The van der Waals surface area contributed by atoms with Crippen molar-refractivity contribution < 1.29 is 14.3 Å². The lowest BCUT2D eigenvalue weighted by Crippen LogP contribution is -2.43. The van der Waals surface area contributed by atoms with Gasteiger partial charge in [0, 0.05) is 16.8 Å². The van der Waals surface area contributed by atoms with Crippen LogP contribution < -0.4 is 0 Å². The second kappa shape index (κ2) is 8.15. The molecule has 1 aromatic heterocycles. The summed E-state index contributed by atoms with van der Waals surface area (Å²) in [6.07, 6.45) is -0.478. The minimum atomic E-state index is -0.584. The summed E-state index contributed by atoms with van der Waals surface area (Å²) >= 11 is 1.64. The maximum absolute atomic E-state index is 12.8. The van der Waals surface area contributed by atoms with Crippen LogP contribution in [0, 0.1) is 0 Å². The smallest absolute Gasteiger partial charge is 0.410 e. The van der Waals surface area contributed by atoms with E-state index in [4.69, 9.17) is 4.74 Å². The van der Waals surface area contributed by atoms with Crippen LogP contribution in [-0.4, -0.2) is 29.4 Å². The number of hydrogen-bond donors (Lipinski definition) is 0. The minimum absolute atomic E-state index is 0.0865. The van der Waals surface area contributed by atoms with Gasteiger partial charge in [0.05, 0.1) is 6.04 Å². The van der Waals surface area contributed by atoms with Gasteiger partial charge in [0.1, 0.15) is 6.61 Å². The molecule has 1 unspecified atom stereocenters. The zero-order chi connectivity index (χ0) is 18.5. The Hall–Kier alpha value is -2.66. The second-order valence-corrected chi connectivity index (χ2v) is 6.99. The summed E-state index contributed by atoms with van der Waals surface area (Å²) < 4.78 is 6.52. The predicted molar refractivity (Wildman–Crippen MR) is 105 cm³/mol. The molecule has 26 heavy (non-hydrogen) atoms. The summed E-state index contributed by atoms with van der Waals surface area (Å²) in [5.74, 6) is -0.0865. The Labute approximate surface area is 157 Å². The van der Waals surface area contributed by atoms with Crippen LogP contribution in [0.3, 0.4) is 0 Å². The molecular formula is C21H21NO3S. The molecule has 0 N–H and O–H groups in total. The Morgan fingerprint density at radius 3 is 2.62 bits per heavy atom. The number of benzene rings is 2. The molecular weight excluding hydrogens is 346 g/mol. The molecule has 0 fully saturated rings. The van der Waals surface area contributed by atoms with Crippen molar-refractivity contribution in [2.45, 2.75) is 26.5 Å². The van der Waals surface area contributed by atoms with E-state index in [1.54, 1.807) is 18.3 Å². The van der Waals surface area contributed by atoms with Gasteiger partial charge in [0.2, 0.25) is 0 Å². The van der Waals surface area contributed by atoms with Gasteiger partial charge in [-0.3, -0.25) is 9.69 Å². The minimum Gasteiger partial charge on any atom is -0.445 e. The van der Waals surface area contributed by atoms with E-state index < -0.39 is 12.1 Å². The lowest BCUT2D eigenvalue weighted by molar-refractivity contribution is 0.0691. The molecule has 3 aromatic rings. The molecule has 0 spiro atoms. The van der Waals surface area contributed by atoms with E-state index in [-0.39, 0.29) is 12.4 Å². The topological polar surface area (TPSA) is 46.6 Å². The average Bonchev–Trinajstić information content (AvgIpc) is 3.14.